The maximum absolute atomic E-state index is 17.8. The first-order valence-corrected chi connectivity index (χ1v) is 36.0. The van der Waals surface area contributed by atoms with Gasteiger partial charge in [0.2, 0.25) is 0 Å². The quantitative estimate of drug-likeness (QED) is 0.0907. The standard InChI is InChI=1S/C74H105N3O12/c1-4-8-39-13-17-48-56(23-14-39)89-67-61(48)53(80)11-6-28-74(67,87)68(3,84)58-27-31-73(86)62-63(76-36-38(2)79)66(83)70-30-26-42-46-18-19-47-45-9-5-12-55(45)88-57(60(46)47)33-40-15-16-41(34-49(40)42)72(58,73)37-69(85)29-25-43(44-20-24-59(75)77-52(44)10-7-32-78)50-21-22-51(70)64(82)54(81)35-71(50,70)65(62)69/h19-20,24-26,29-30,38-43,45,48-51,53-59,61,64-65,67,76-82,84-87H,4-18,21-23,27-28,31-37,75H2,1-3H3. The first-order valence-electron chi connectivity index (χ1n) is 36.0. The summed E-state index contributed by atoms with van der Waals surface area (Å²) in [6.45, 7) is 5.63. The lowest BCUT2D eigenvalue weighted by Gasteiger charge is -2.75. The van der Waals surface area contributed by atoms with Gasteiger partial charge in [0.05, 0.1) is 82.9 Å². The zero-order valence-corrected chi connectivity index (χ0v) is 53.2. The van der Waals surface area contributed by atoms with Crippen molar-refractivity contribution < 1.29 is 60.2 Å². The molecule has 0 aromatic rings. The van der Waals surface area contributed by atoms with E-state index >= 15 is 15.0 Å². The van der Waals surface area contributed by atoms with Crippen LogP contribution in [-0.2, 0) is 14.3 Å². The van der Waals surface area contributed by atoms with Gasteiger partial charge in [-0.25, -0.2) is 0 Å². The lowest BCUT2D eigenvalue weighted by atomic mass is 9.29. The van der Waals surface area contributed by atoms with Gasteiger partial charge in [0, 0.05) is 65.2 Å². The zero-order chi connectivity index (χ0) is 61.7. The molecule has 29 atom stereocenters. The smallest absolute Gasteiger partial charge is 0.189 e. The van der Waals surface area contributed by atoms with Crippen LogP contribution in [0.2, 0.25) is 0 Å². The molecule has 15 heteroatoms. The maximum atomic E-state index is 17.8. The minimum Gasteiger partial charge on any atom is -0.396 e. The summed E-state index contributed by atoms with van der Waals surface area (Å²) in [6, 6.07) is 0. The fraction of sp³-hybridized carbons (Fsp3) is 0.797. The van der Waals surface area contributed by atoms with Gasteiger partial charge in [0.25, 0.3) is 0 Å². The zero-order valence-electron chi connectivity index (χ0n) is 53.2. The van der Waals surface area contributed by atoms with Crippen molar-refractivity contribution in [2.24, 2.45) is 98.9 Å². The van der Waals surface area contributed by atoms with Crippen LogP contribution >= 0.6 is 0 Å². The second kappa shape index (κ2) is 21.5. The van der Waals surface area contributed by atoms with Crippen molar-refractivity contribution in [3.8, 4) is 0 Å². The van der Waals surface area contributed by atoms with Gasteiger partial charge < -0.3 is 71.8 Å². The van der Waals surface area contributed by atoms with Crippen LogP contribution in [0.3, 0.4) is 0 Å². The Morgan fingerprint density at radius 1 is 0.854 bits per heavy atom. The van der Waals surface area contributed by atoms with E-state index < -0.39 is 111 Å². The van der Waals surface area contributed by atoms with Crippen LogP contribution in [0.15, 0.2) is 81.8 Å². The second-order valence-electron chi connectivity index (χ2n) is 32.8. The van der Waals surface area contributed by atoms with Gasteiger partial charge in [0.1, 0.15) is 5.60 Å². The average molecular weight is 1230 g/mol. The highest BCUT2D eigenvalue weighted by molar-refractivity contribution is 6.05. The first-order chi connectivity index (χ1) is 42.7. The van der Waals surface area contributed by atoms with E-state index in [1.807, 2.05) is 12.2 Å². The number of Topliss-reactive ketones (excluding diaryl/α,β-unsaturated/α-hetero) is 1. The molecule has 3 aliphatic heterocycles. The molecule has 3 spiro atoms. The number of nitrogens with two attached hydrogens (primary N) is 1. The van der Waals surface area contributed by atoms with E-state index in [4.69, 9.17) is 15.2 Å². The largest absolute Gasteiger partial charge is 0.396 e. The third-order valence-electron chi connectivity index (χ3n) is 29.3. The number of carbonyl (C=O) groups excluding carboxylic acids is 1. The first kappa shape index (κ1) is 60.9. The Morgan fingerprint density at radius 2 is 1.66 bits per heavy atom. The Balaban J connectivity index is 0.967. The van der Waals surface area contributed by atoms with Gasteiger partial charge >= 0.3 is 0 Å². The van der Waals surface area contributed by atoms with Crippen molar-refractivity contribution in [1.82, 2.24) is 10.6 Å². The number of ether oxygens (including phenoxy) is 2. The third kappa shape index (κ3) is 8.15. The van der Waals surface area contributed by atoms with E-state index in [0.29, 0.717) is 68.8 Å². The van der Waals surface area contributed by atoms with Gasteiger partial charge in [-0.3, -0.25) is 4.79 Å². The Labute approximate surface area is 526 Å². The topological polar surface area (TPSA) is 268 Å². The van der Waals surface area contributed by atoms with Crippen LogP contribution in [0.25, 0.3) is 0 Å². The van der Waals surface area contributed by atoms with Crippen molar-refractivity contribution in [2.75, 3.05) is 13.2 Å². The van der Waals surface area contributed by atoms with Crippen molar-refractivity contribution in [3.05, 3.63) is 81.8 Å². The van der Waals surface area contributed by atoms with Crippen molar-refractivity contribution in [1.29, 1.82) is 0 Å². The van der Waals surface area contributed by atoms with Crippen molar-refractivity contribution in [2.45, 2.75) is 259 Å². The molecule has 488 valence electrons. The van der Waals surface area contributed by atoms with E-state index in [1.165, 1.54) is 16.7 Å². The molecule has 8 saturated carbocycles. The average Bonchev–Trinajstić information content (AvgIpc) is 1.53. The molecule has 2 saturated heterocycles. The summed E-state index contributed by atoms with van der Waals surface area (Å²) in [5.74, 6) is -3.82. The van der Waals surface area contributed by atoms with Gasteiger partial charge in [-0.1, -0.05) is 74.6 Å². The molecule has 89 heavy (non-hydrogen) atoms. The molecule has 0 aromatic heterocycles. The number of nitrogens with one attached hydrogen (secondary N) is 2. The molecule has 15 nitrogen and oxygen atoms in total. The van der Waals surface area contributed by atoms with Crippen LogP contribution < -0.4 is 16.4 Å². The monoisotopic (exact) mass is 1230 g/mol. The lowest BCUT2D eigenvalue weighted by molar-refractivity contribution is -0.290. The number of hydrogen-bond donors (Lipinski definition) is 12. The summed E-state index contributed by atoms with van der Waals surface area (Å²) in [4.78, 5) is 17.8. The molecule has 3 heterocycles. The fourth-order valence-corrected chi connectivity index (χ4v) is 26.3. The van der Waals surface area contributed by atoms with E-state index in [-0.39, 0.29) is 105 Å². The highest BCUT2D eigenvalue weighted by Gasteiger charge is 2.85. The van der Waals surface area contributed by atoms with Gasteiger partial charge in [0.15, 0.2) is 5.78 Å². The Kier molecular flexibility index (Phi) is 14.7. The summed E-state index contributed by atoms with van der Waals surface area (Å²) in [7, 11) is 0. The van der Waals surface area contributed by atoms with Crippen LogP contribution in [-0.4, -0.2) is 142 Å². The highest BCUT2D eigenvalue weighted by Crippen LogP contribution is 2.82. The third-order valence-corrected chi connectivity index (χ3v) is 29.3. The molecular weight excluding hydrogens is 1120 g/mol. The number of aliphatic hydroxyl groups excluding tert-OH is 5. The Bertz CT molecular complexity index is 3090. The van der Waals surface area contributed by atoms with E-state index in [1.54, 1.807) is 13.8 Å². The van der Waals surface area contributed by atoms with Crippen LogP contribution in [0.1, 0.15) is 181 Å². The molecule has 9 bridgehead atoms. The van der Waals surface area contributed by atoms with Gasteiger partial charge in [-0.2, -0.15) is 0 Å². The normalized spacial score (nSPS) is 52.3. The minimum atomic E-state index is -1.99. The summed E-state index contributed by atoms with van der Waals surface area (Å²) >= 11 is 0. The van der Waals surface area contributed by atoms with E-state index in [9.17, 15) is 35.7 Å². The van der Waals surface area contributed by atoms with Crippen molar-refractivity contribution >= 4 is 5.78 Å². The fourth-order valence-electron chi connectivity index (χ4n) is 26.3. The number of ketones is 1. The number of allylic oxidation sites excluding steroid dienone is 9. The molecule has 17 aliphatic rings. The molecule has 14 aliphatic carbocycles. The van der Waals surface area contributed by atoms with Gasteiger partial charge in [-0.15, -0.1) is 0 Å². The van der Waals surface area contributed by atoms with Crippen LogP contribution in [0.5, 0.6) is 0 Å². The number of carbonyl (C=O) groups is 1. The number of aliphatic hydroxyl groups is 9. The molecule has 13 N–H and O–H groups in total. The summed E-state index contributed by atoms with van der Waals surface area (Å²) in [6.07, 6.45) is 25.7. The minimum absolute atomic E-state index is 0.000499. The Morgan fingerprint density at radius 3 is 2.47 bits per heavy atom. The van der Waals surface area contributed by atoms with E-state index in [2.05, 4.69) is 47.9 Å². The summed E-state index contributed by atoms with van der Waals surface area (Å²) in [5.41, 5.74) is 1.08. The number of fused-ring (bicyclic) bond motifs is 6. The number of rotatable bonds is 11. The van der Waals surface area contributed by atoms with Crippen LogP contribution in [0, 0.1) is 93.2 Å². The van der Waals surface area contributed by atoms with Crippen LogP contribution in [0.4, 0.5) is 0 Å². The number of dihydropyridines is 1. The van der Waals surface area contributed by atoms with Crippen molar-refractivity contribution in [3.63, 3.8) is 0 Å². The second-order valence-corrected chi connectivity index (χ2v) is 32.8. The number of hydrogen-bond acceptors (Lipinski definition) is 15. The SMILES string of the molecule is CCCC1CCC2OC3C(C(O)CCCC3(O)C(C)(O)C3CCC4(O)C5=C(NCC(C)O)C(=O)C67C=CC8C9=C%10C(=CC9)C9CCCC9OC%10CC9CCC(CC98)C34CC3(O)C=CC(C4=C(CCCO)NC(N)C=C4)C4CCC6C(O)C(O)CC47C53)C2CC1. The molecular formula is C74H105N3O12. The molecule has 10 fully saturated rings. The summed E-state index contributed by atoms with van der Waals surface area (Å²) in [5, 5.41) is 128. The molecule has 0 amide bonds. The lowest BCUT2D eigenvalue weighted by Crippen LogP contribution is -2.79. The molecule has 29 unspecified atom stereocenters. The molecule has 0 aromatic carbocycles. The molecule has 0 radical (unpaired) electrons. The highest BCUT2D eigenvalue weighted by atomic mass is 16.5. The van der Waals surface area contributed by atoms with Gasteiger partial charge in [-0.05, 0) is 218 Å². The molecule has 17 rings (SSSR count). The summed E-state index contributed by atoms with van der Waals surface area (Å²) < 4.78 is 14.7. The maximum Gasteiger partial charge on any atom is 0.189 e. The predicted molar refractivity (Wildman–Crippen MR) is 334 cm³/mol. The van der Waals surface area contributed by atoms with E-state index in [0.717, 1.165) is 88.3 Å². The predicted octanol–water partition coefficient (Wildman–Crippen LogP) is 7.29. The Hall–Kier alpha value is -3.03.